The van der Waals surface area contributed by atoms with Gasteiger partial charge >= 0.3 is 0 Å². The number of amidine groups is 1. The summed E-state index contributed by atoms with van der Waals surface area (Å²) in [4.78, 5) is 52.1. The van der Waals surface area contributed by atoms with E-state index >= 15 is 0 Å². The molecule has 584 valence electrons. The zero-order chi connectivity index (χ0) is 81.1. The lowest BCUT2D eigenvalue weighted by Crippen LogP contribution is -2.28. The van der Waals surface area contributed by atoms with Crippen LogP contribution in [0.4, 0.5) is 28.4 Å². The second-order valence-corrected chi connectivity index (χ2v) is 30.9. The Kier molecular flexibility index (Phi) is 25.5. The number of thioether (sulfide) groups is 1. The van der Waals surface area contributed by atoms with Crippen molar-refractivity contribution in [2.45, 2.75) is 32.9 Å². The van der Waals surface area contributed by atoms with Crippen LogP contribution in [-0.2, 0) is 17.9 Å². The standard InChI is InChI=1S/C25H19N3O2S.C25H19N3OS.C24H20N2O3S.C22H21N3OS/c1-30-21-10-8-20(9-11-21)28-24(29)23(31-25(28)27-19-5-3-2-4-6-19)16-17-7-12-22-18(15-17)13-14-26-22;29-24-23(16-19-11-12-22-20(15-19)13-14-26-22)30-25(27-21-9-5-2-6-10-21)28(24)17-18-7-3-1-4-8-18;1-28-20-12-8-17(9-13-20)16-22-23(27)26(19-10-14-21(29-2)15-11-19)24(30-22)25-18-6-4-3-5-7-18;1-2-3-13-25-21(26)20(27-22(25)24-18-7-5-4-6-8-18)15-16-9-10-19-17(14-16)11-12-23-19/h2-16,29H,1H3;1-16,29H,17H2;3-16H,1-2H3;4-12,14-15,26H,2-3,13H2,1H3/b;;22-16-,25-24?;. The van der Waals surface area contributed by atoms with E-state index in [9.17, 15) is 20.1 Å². The maximum atomic E-state index is 13.3. The maximum absolute atomic E-state index is 13.3. The summed E-state index contributed by atoms with van der Waals surface area (Å²) >= 11 is 5.77. The summed E-state index contributed by atoms with van der Waals surface area (Å²) in [5, 5.41) is 39.6. The number of amides is 1. The van der Waals surface area contributed by atoms with Crippen LogP contribution in [-0.4, -0.2) is 61.4 Å². The van der Waals surface area contributed by atoms with Crippen molar-refractivity contribution in [3.63, 3.8) is 0 Å². The predicted molar refractivity (Wildman–Crippen MR) is 477 cm³/mol. The van der Waals surface area contributed by atoms with Gasteiger partial charge < -0.3 is 29.5 Å². The van der Waals surface area contributed by atoms with Crippen LogP contribution in [0.1, 0.15) is 62.2 Å². The first kappa shape index (κ1) is 79.2. The molecule has 0 saturated carbocycles. The van der Waals surface area contributed by atoms with Crippen LogP contribution in [0.2, 0.25) is 0 Å². The van der Waals surface area contributed by atoms with E-state index in [4.69, 9.17) is 34.2 Å². The number of thiazole rings is 3. The molecule has 14 aromatic rings. The average molecular weight is 1630 g/mol. The zero-order valence-electron chi connectivity index (χ0n) is 64.7. The molecule has 1 saturated heterocycles. The molecule has 4 aliphatic rings. The number of para-hydroxylation sites is 4. The van der Waals surface area contributed by atoms with E-state index < -0.39 is 0 Å². The summed E-state index contributed by atoms with van der Waals surface area (Å²) in [5.41, 5.74) is 10.2. The minimum Gasteiger partial charge on any atom is -0.497 e. The lowest BCUT2D eigenvalue weighted by atomic mass is 10.2. The highest BCUT2D eigenvalue weighted by atomic mass is 32.2. The molecule has 22 heteroatoms. The van der Waals surface area contributed by atoms with E-state index in [1.165, 1.54) is 45.8 Å². The van der Waals surface area contributed by atoms with Crippen molar-refractivity contribution in [1.29, 1.82) is 0 Å². The van der Waals surface area contributed by atoms with Crippen LogP contribution < -0.4 is 65.2 Å². The van der Waals surface area contributed by atoms with Gasteiger partial charge in [0.05, 0.1) is 97.6 Å². The average Bonchev–Trinajstić information content (AvgIpc) is 1.66. The topological polar surface area (TPSA) is 210 Å². The Hall–Kier alpha value is -14.0. The fraction of sp³-hybridized carbons (Fsp3) is 0.0833. The first-order valence-electron chi connectivity index (χ1n) is 37.9. The highest BCUT2D eigenvalue weighted by molar-refractivity contribution is 8.19. The normalized spacial score (nSPS) is 14.2. The predicted octanol–water partition coefficient (Wildman–Crippen LogP) is 17.1. The number of ether oxygens (including phenoxy) is 3. The highest BCUT2D eigenvalue weighted by Gasteiger charge is 2.35. The Morgan fingerprint density at radius 3 is 1.23 bits per heavy atom. The molecule has 1 fully saturated rings. The molecule has 0 bridgehead atoms. The van der Waals surface area contributed by atoms with Crippen LogP contribution in [0.25, 0.3) is 48.2 Å². The van der Waals surface area contributed by atoms with Crippen molar-refractivity contribution in [1.82, 2.24) is 13.7 Å². The fourth-order valence-electron chi connectivity index (χ4n) is 12.7. The first-order valence-corrected chi connectivity index (χ1v) is 41.2. The van der Waals surface area contributed by atoms with Gasteiger partial charge in [-0.05, 0) is 233 Å². The van der Waals surface area contributed by atoms with Crippen LogP contribution >= 0.6 is 45.8 Å². The van der Waals surface area contributed by atoms with Crippen LogP contribution in [0.5, 0.6) is 34.9 Å². The van der Waals surface area contributed by atoms with E-state index in [0.717, 1.165) is 155 Å². The number of unbranched alkanes of at least 4 members (excludes halogenated alkanes) is 1. The second-order valence-electron chi connectivity index (χ2n) is 26.8. The molecule has 4 aliphatic heterocycles. The molecule has 0 aliphatic carbocycles. The summed E-state index contributed by atoms with van der Waals surface area (Å²) in [7, 11) is 4.87. The van der Waals surface area contributed by atoms with E-state index in [2.05, 4.69) is 52.2 Å². The zero-order valence-corrected chi connectivity index (χ0v) is 68.0. The van der Waals surface area contributed by atoms with E-state index in [1.54, 1.807) is 37.0 Å². The van der Waals surface area contributed by atoms with Crippen molar-refractivity contribution in [3.05, 3.63) is 391 Å². The SMILES string of the molecule is CCCCn1c(O)c(C=c2ccc3c(c2)C=CN=3)sc1=Nc1ccccc1.COc1ccc(-n2c(O)c(C=c3ccc4c(c3)C=CN=4)sc2=Nc2ccccc2)cc1.COc1ccc(/C=C2\SC(=Nc3ccccc3)N(c3ccc(OC)cc3)C2=O)cc1.Oc1c(C=c2ccc3c(c2)C=CN=3)sc(=Nc2ccccc2)n1Cc1ccccc1. The van der Waals surface area contributed by atoms with Gasteiger partial charge in [-0.15, -0.1) is 0 Å². The summed E-state index contributed by atoms with van der Waals surface area (Å²) in [6.07, 6.45) is 21.3. The second kappa shape index (κ2) is 37.9. The number of aliphatic imine (C=N–C) groups is 1. The van der Waals surface area contributed by atoms with Gasteiger partial charge in [0.1, 0.15) is 17.2 Å². The Morgan fingerprint density at radius 1 is 0.407 bits per heavy atom. The number of aromatic nitrogens is 3. The monoisotopic (exact) mass is 1630 g/mol. The fourth-order valence-corrected chi connectivity index (χ4v) is 16.8. The molecule has 1 amide bonds. The van der Waals surface area contributed by atoms with Crippen molar-refractivity contribution in [2.75, 3.05) is 26.2 Å². The molecule has 0 unspecified atom stereocenters. The largest absolute Gasteiger partial charge is 0.497 e. The number of hydrogen-bond donors (Lipinski definition) is 3. The number of fused-ring (bicyclic) bond motifs is 3. The third kappa shape index (κ3) is 19.5. The molecule has 0 radical (unpaired) electrons. The van der Waals surface area contributed by atoms with Crippen LogP contribution in [0.15, 0.2) is 338 Å². The van der Waals surface area contributed by atoms with Gasteiger partial charge in [0.2, 0.25) is 17.6 Å². The summed E-state index contributed by atoms with van der Waals surface area (Å²) in [6, 6.07) is 89.9. The molecule has 7 heterocycles. The summed E-state index contributed by atoms with van der Waals surface area (Å²) in [6.45, 7) is 3.45. The number of carbonyl (C=O) groups excluding carboxylic acids is 1. The molecule has 11 aromatic carbocycles. The van der Waals surface area contributed by atoms with Crippen molar-refractivity contribution >= 4 is 128 Å². The number of rotatable bonds is 18. The van der Waals surface area contributed by atoms with Gasteiger partial charge in [-0.1, -0.05) is 181 Å². The van der Waals surface area contributed by atoms with Crippen molar-refractivity contribution in [3.8, 4) is 40.6 Å². The van der Waals surface area contributed by atoms with Gasteiger partial charge in [0, 0.05) is 41.8 Å². The summed E-state index contributed by atoms with van der Waals surface area (Å²) in [5.74, 6) is 2.79. The van der Waals surface area contributed by atoms with Crippen molar-refractivity contribution < 1.29 is 34.3 Å². The van der Waals surface area contributed by atoms with Gasteiger partial charge in [-0.3, -0.25) is 38.4 Å². The third-order valence-electron chi connectivity index (χ3n) is 18.8. The molecular formula is C96H79N11O7S4. The Labute approximate surface area is 696 Å². The first-order chi connectivity index (χ1) is 57.9. The Balaban J connectivity index is 0.000000123. The van der Waals surface area contributed by atoms with Crippen LogP contribution in [0.3, 0.4) is 0 Å². The van der Waals surface area contributed by atoms with E-state index in [1.807, 2.05) is 313 Å². The molecule has 3 N–H and O–H groups in total. The number of nitrogens with zero attached hydrogens (tertiary/aromatic N) is 11. The number of methoxy groups -OCH3 is 3. The smallest absolute Gasteiger partial charge is 0.271 e. The molecule has 18 nitrogen and oxygen atoms in total. The molecule has 18 rings (SSSR count). The molecule has 0 spiro atoms. The van der Waals surface area contributed by atoms with Crippen LogP contribution in [0, 0.1) is 0 Å². The minimum absolute atomic E-state index is 0.115. The third-order valence-corrected chi connectivity index (χ3v) is 22.8. The van der Waals surface area contributed by atoms with Gasteiger partial charge in [-0.2, -0.15) is 0 Å². The maximum Gasteiger partial charge on any atom is 0.271 e. The Morgan fingerprint density at radius 2 is 0.788 bits per heavy atom. The molecular weight excluding hydrogens is 1550 g/mol. The lowest BCUT2D eigenvalue weighted by Gasteiger charge is -2.16. The number of aromatic hydroxyl groups is 3. The number of benzene rings is 11. The van der Waals surface area contributed by atoms with E-state index in [-0.39, 0.29) is 23.5 Å². The minimum atomic E-state index is -0.115. The summed E-state index contributed by atoms with van der Waals surface area (Å²) < 4.78 is 21.2. The van der Waals surface area contributed by atoms with E-state index in [0.29, 0.717) is 21.4 Å². The number of hydrogen-bond acceptors (Lipinski definition) is 18. The van der Waals surface area contributed by atoms with Gasteiger partial charge in [0.15, 0.2) is 19.6 Å². The van der Waals surface area contributed by atoms with Gasteiger partial charge in [0.25, 0.3) is 5.91 Å². The molecule has 118 heavy (non-hydrogen) atoms. The number of anilines is 1. The van der Waals surface area contributed by atoms with Gasteiger partial charge in [-0.25, -0.2) is 20.0 Å². The Bertz CT molecular complexity index is 6780. The quantitative estimate of drug-likeness (QED) is 0.0702. The van der Waals surface area contributed by atoms with Crippen molar-refractivity contribution in [2.24, 2.45) is 34.9 Å². The lowest BCUT2D eigenvalue weighted by molar-refractivity contribution is -0.113. The number of carbonyl (C=O) groups is 1. The highest BCUT2D eigenvalue weighted by Crippen LogP contribution is 2.39. The molecule has 0 atom stereocenters. The molecule has 3 aromatic heterocycles.